The Hall–Kier alpha value is -2.75. The van der Waals surface area contributed by atoms with Gasteiger partial charge in [-0.1, -0.05) is 30.3 Å². The van der Waals surface area contributed by atoms with Gasteiger partial charge in [0, 0.05) is 11.5 Å². The second-order valence-electron chi connectivity index (χ2n) is 4.98. The van der Waals surface area contributed by atoms with Crippen LogP contribution in [0.1, 0.15) is 21.7 Å². The fourth-order valence-electron chi connectivity index (χ4n) is 2.42. The van der Waals surface area contributed by atoms with Crippen LogP contribution in [0.25, 0.3) is 11.0 Å². The Kier molecular flexibility index (Phi) is 3.83. The molecule has 112 valence electrons. The third kappa shape index (κ3) is 2.55. The van der Waals surface area contributed by atoms with Gasteiger partial charge in [-0.05, 0) is 18.6 Å². The van der Waals surface area contributed by atoms with Crippen LogP contribution in [0.4, 0.5) is 0 Å². The molecule has 0 atom stereocenters. The van der Waals surface area contributed by atoms with Crippen molar-refractivity contribution >= 4 is 17.3 Å². The summed E-state index contributed by atoms with van der Waals surface area (Å²) in [6.45, 7) is 2.21. The number of ether oxygens (including phenoxy) is 2. The largest absolute Gasteiger partial charge is 0.493 e. The zero-order valence-corrected chi connectivity index (χ0v) is 12.5. The number of furan rings is 1. The maximum absolute atomic E-state index is 11.5. The molecule has 0 saturated carbocycles. The lowest BCUT2D eigenvalue weighted by Gasteiger charge is -2.11. The molecular weight excluding hydrogens is 280 g/mol. The van der Waals surface area contributed by atoms with E-state index in [1.165, 1.54) is 0 Å². The zero-order chi connectivity index (χ0) is 15.5. The van der Waals surface area contributed by atoms with Gasteiger partial charge in [0.05, 0.1) is 12.7 Å². The van der Waals surface area contributed by atoms with Gasteiger partial charge >= 0.3 is 0 Å². The van der Waals surface area contributed by atoms with Gasteiger partial charge in [0.15, 0.2) is 17.6 Å². The molecule has 0 radical (unpaired) electrons. The average molecular weight is 296 g/mol. The fourth-order valence-corrected chi connectivity index (χ4v) is 2.42. The second kappa shape index (κ2) is 5.93. The van der Waals surface area contributed by atoms with Gasteiger partial charge in [0.2, 0.25) is 0 Å². The van der Waals surface area contributed by atoms with Gasteiger partial charge in [-0.15, -0.1) is 0 Å². The molecule has 0 spiro atoms. The first-order chi connectivity index (χ1) is 10.7. The Morgan fingerprint density at radius 1 is 1.14 bits per heavy atom. The quantitative estimate of drug-likeness (QED) is 0.664. The molecule has 4 nitrogen and oxygen atoms in total. The Morgan fingerprint density at radius 3 is 2.59 bits per heavy atom. The van der Waals surface area contributed by atoms with Crippen molar-refractivity contribution in [2.24, 2.45) is 0 Å². The molecule has 0 unspecified atom stereocenters. The molecule has 0 fully saturated rings. The molecule has 3 rings (SSSR count). The van der Waals surface area contributed by atoms with E-state index in [4.69, 9.17) is 13.9 Å². The number of hydrogen-bond donors (Lipinski definition) is 0. The SMILES string of the molecule is COc1cc(OCc2ccccc2)c(C=O)c2cc(C)oc12. The van der Waals surface area contributed by atoms with E-state index in [0.29, 0.717) is 34.6 Å². The van der Waals surface area contributed by atoms with E-state index in [2.05, 4.69) is 0 Å². The number of aryl methyl sites for hydroxylation is 1. The van der Waals surface area contributed by atoms with Crippen LogP contribution >= 0.6 is 0 Å². The molecule has 4 heteroatoms. The minimum absolute atomic E-state index is 0.382. The van der Waals surface area contributed by atoms with Crippen molar-refractivity contribution in [1.29, 1.82) is 0 Å². The first-order valence-electron chi connectivity index (χ1n) is 6.96. The van der Waals surface area contributed by atoms with E-state index in [1.807, 2.05) is 43.3 Å². The first-order valence-corrected chi connectivity index (χ1v) is 6.96. The van der Waals surface area contributed by atoms with Crippen LogP contribution in [0.15, 0.2) is 46.9 Å². The molecule has 3 aromatic rings. The van der Waals surface area contributed by atoms with Gasteiger partial charge in [0.1, 0.15) is 18.1 Å². The van der Waals surface area contributed by atoms with Crippen LogP contribution < -0.4 is 9.47 Å². The normalized spacial score (nSPS) is 10.6. The highest BCUT2D eigenvalue weighted by molar-refractivity contribution is 6.01. The zero-order valence-electron chi connectivity index (χ0n) is 12.5. The van der Waals surface area contributed by atoms with Crippen molar-refractivity contribution in [2.45, 2.75) is 13.5 Å². The molecule has 0 amide bonds. The van der Waals surface area contributed by atoms with Crippen LogP contribution in [0.2, 0.25) is 0 Å². The molecule has 0 N–H and O–H groups in total. The first kappa shape index (κ1) is 14.2. The van der Waals surface area contributed by atoms with Gasteiger partial charge in [0.25, 0.3) is 0 Å². The predicted molar refractivity (Wildman–Crippen MR) is 83.7 cm³/mol. The lowest BCUT2D eigenvalue weighted by atomic mass is 10.1. The van der Waals surface area contributed by atoms with E-state index in [9.17, 15) is 4.79 Å². The third-order valence-corrected chi connectivity index (χ3v) is 3.47. The summed E-state index contributed by atoms with van der Waals surface area (Å²) in [7, 11) is 1.56. The average Bonchev–Trinajstić information content (AvgIpc) is 2.94. The summed E-state index contributed by atoms with van der Waals surface area (Å²) in [4.78, 5) is 11.5. The predicted octanol–water partition coefficient (Wildman–Crippen LogP) is 4.14. The molecule has 2 aromatic carbocycles. The summed E-state index contributed by atoms with van der Waals surface area (Å²) in [5, 5.41) is 0.704. The van der Waals surface area contributed by atoms with Crippen molar-refractivity contribution in [3.8, 4) is 11.5 Å². The molecule has 0 aliphatic rings. The molecule has 0 aliphatic carbocycles. The smallest absolute Gasteiger partial charge is 0.177 e. The van der Waals surface area contributed by atoms with Crippen LogP contribution in [-0.2, 0) is 6.61 Å². The van der Waals surface area contributed by atoms with Crippen molar-refractivity contribution in [1.82, 2.24) is 0 Å². The van der Waals surface area contributed by atoms with Crippen molar-refractivity contribution in [3.63, 3.8) is 0 Å². The standard InChI is InChI=1S/C18H16O4/c1-12-8-14-15(10-19)16(9-17(20-2)18(14)22-12)21-11-13-6-4-3-5-7-13/h3-10H,11H2,1-2H3. The molecule has 1 aromatic heterocycles. The highest BCUT2D eigenvalue weighted by atomic mass is 16.5. The van der Waals surface area contributed by atoms with Crippen LogP contribution in [0, 0.1) is 6.92 Å². The van der Waals surface area contributed by atoms with E-state index < -0.39 is 0 Å². The molecular formula is C18H16O4. The van der Waals surface area contributed by atoms with E-state index >= 15 is 0 Å². The van der Waals surface area contributed by atoms with Gasteiger partial charge in [-0.25, -0.2) is 0 Å². The minimum atomic E-state index is 0.382. The number of hydrogen-bond acceptors (Lipinski definition) is 4. The monoisotopic (exact) mass is 296 g/mol. The molecule has 0 saturated heterocycles. The lowest BCUT2D eigenvalue weighted by Crippen LogP contribution is -1.99. The van der Waals surface area contributed by atoms with E-state index in [-0.39, 0.29) is 0 Å². The maximum Gasteiger partial charge on any atom is 0.177 e. The van der Waals surface area contributed by atoms with Crippen molar-refractivity contribution in [2.75, 3.05) is 7.11 Å². The summed E-state index contributed by atoms with van der Waals surface area (Å²) in [5.41, 5.74) is 2.07. The number of benzene rings is 2. The Balaban J connectivity index is 2.02. The maximum atomic E-state index is 11.5. The van der Waals surface area contributed by atoms with Crippen LogP contribution in [-0.4, -0.2) is 13.4 Å². The number of carbonyl (C=O) groups excluding carboxylic acids is 1. The molecule has 0 aliphatic heterocycles. The molecule has 1 heterocycles. The Bertz CT molecular complexity index is 803. The van der Waals surface area contributed by atoms with E-state index in [1.54, 1.807) is 13.2 Å². The summed E-state index contributed by atoms with van der Waals surface area (Å²) >= 11 is 0. The Morgan fingerprint density at radius 2 is 1.91 bits per heavy atom. The van der Waals surface area contributed by atoms with Crippen LogP contribution in [0.5, 0.6) is 11.5 Å². The number of aldehydes is 1. The lowest BCUT2D eigenvalue weighted by molar-refractivity contribution is 0.112. The second-order valence-corrected chi connectivity index (χ2v) is 4.98. The third-order valence-electron chi connectivity index (χ3n) is 3.47. The summed E-state index contributed by atoms with van der Waals surface area (Å²) < 4.78 is 16.8. The number of fused-ring (bicyclic) bond motifs is 1. The molecule has 22 heavy (non-hydrogen) atoms. The minimum Gasteiger partial charge on any atom is -0.493 e. The van der Waals surface area contributed by atoms with Crippen molar-refractivity contribution < 1.29 is 18.7 Å². The number of rotatable bonds is 5. The molecule has 0 bridgehead atoms. The summed E-state index contributed by atoms with van der Waals surface area (Å²) in [5.74, 6) is 1.76. The van der Waals surface area contributed by atoms with Crippen LogP contribution in [0.3, 0.4) is 0 Å². The van der Waals surface area contributed by atoms with E-state index in [0.717, 1.165) is 17.6 Å². The topological polar surface area (TPSA) is 48.7 Å². The van der Waals surface area contributed by atoms with Gasteiger partial charge in [-0.2, -0.15) is 0 Å². The van der Waals surface area contributed by atoms with Gasteiger partial charge in [-0.3, -0.25) is 4.79 Å². The summed E-state index contributed by atoms with van der Waals surface area (Å²) in [6, 6.07) is 13.3. The van der Waals surface area contributed by atoms with Gasteiger partial charge < -0.3 is 13.9 Å². The highest BCUT2D eigenvalue weighted by Crippen LogP contribution is 2.37. The summed E-state index contributed by atoms with van der Waals surface area (Å²) in [6.07, 6.45) is 0.789. The Labute approximate surface area is 128 Å². The van der Waals surface area contributed by atoms with Crippen molar-refractivity contribution in [3.05, 3.63) is 59.4 Å². The highest BCUT2D eigenvalue weighted by Gasteiger charge is 2.17. The number of methoxy groups -OCH3 is 1. The number of carbonyl (C=O) groups is 1. The fraction of sp³-hybridized carbons (Fsp3) is 0.167.